The van der Waals surface area contributed by atoms with Crippen LogP contribution in [0.25, 0.3) is 10.2 Å². The van der Waals surface area contributed by atoms with Crippen molar-refractivity contribution in [3.05, 3.63) is 75.9 Å². The molecule has 0 fully saturated rings. The lowest BCUT2D eigenvalue weighted by Gasteiger charge is -2.10. The topological polar surface area (TPSA) is 60.1 Å². The summed E-state index contributed by atoms with van der Waals surface area (Å²) in [7, 11) is 0. The van der Waals surface area contributed by atoms with E-state index in [-0.39, 0.29) is 17.8 Å². The second kappa shape index (κ2) is 7.24. The van der Waals surface area contributed by atoms with Gasteiger partial charge in [0.25, 0.3) is 5.91 Å². The van der Waals surface area contributed by atoms with Crippen LogP contribution in [0.2, 0.25) is 0 Å². The number of rotatable bonds is 5. The smallest absolute Gasteiger partial charge is 0.262 e. The minimum atomic E-state index is -0.263. The summed E-state index contributed by atoms with van der Waals surface area (Å²) in [6.07, 6.45) is 0. The van der Waals surface area contributed by atoms with Gasteiger partial charge in [0.1, 0.15) is 22.2 Å². The van der Waals surface area contributed by atoms with Crippen molar-refractivity contribution in [2.75, 3.05) is 0 Å². The maximum Gasteiger partial charge on any atom is 0.262 e. The average Bonchev–Trinajstić information content (AvgIpc) is 3.35. The van der Waals surface area contributed by atoms with Gasteiger partial charge in [-0.25, -0.2) is 4.39 Å². The van der Waals surface area contributed by atoms with Crippen molar-refractivity contribution in [3.8, 4) is 0 Å². The third kappa shape index (κ3) is 3.57. The van der Waals surface area contributed by atoms with Crippen LogP contribution in [-0.4, -0.2) is 15.7 Å². The molecule has 3 heterocycles. The molecule has 0 saturated heterocycles. The molecule has 0 aliphatic rings. The van der Waals surface area contributed by atoms with E-state index in [1.165, 1.54) is 23.5 Å². The number of carbonyl (C=O) groups excluding carboxylic acids is 1. The Morgan fingerprint density at radius 2 is 2.00 bits per heavy atom. The molecule has 0 bridgehead atoms. The molecule has 0 spiro atoms. The van der Waals surface area contributed by atoms with Crippen LogP contribution in [0, 0.1) is 19.7 Å². The Morgan fingerprint density at radius 3 is 2.68 bits per heavy atom. The number of thiophene rings is 1. The first-order valence-electron chi connectivity index (χ1n) is 8.99. The van der Waals surface area contributed by atoms with Gasteiger partial charge in [-0.15, -0.1) is 11.3 Å². The van der Waals surface area contributed by atoms with Crippen LogP contribution >= 0.6 is 11.3 Å². The van der Waals surface area contributed by atoms with E-state index in [0.29, 0.717) is 11.4 Å². The van der Waals surface area contributed by atoms with E-state index in [0.717, 1.165) is 33.0 Å². The summed E-state index contributed by atoms with van der Waals surface area (Å²) in [5, 5.41) is 8.50. The molecule has 5 nitrogen and oxygen atoms in total. The molecule has 4 rings (SSSR count). The predicted molar refractivity (Wildman–Crippen MR) is 107 cm³/mol. The number of furan rings is 1. The van der Waals surface area contributed by atoms with Crippen LogP contribution in [0.5, 0.6) is 0 Å². The SMILES string of the molecule is Cc1ccc(C(C)NC(=O)c2cc3c(C)nn(Cc4ccc(F)cc4)c3s2)o1. The summed E-state index contributed by atoms with van der Waals surface area (Å²) in [6.45, 7) is 6.21. The van der Waals surface area contributed by atoms with Crippen molar-refractivity contribution in [3.63, 3.8) is 0 Å². The van der Waals surface area contributed by atoms with Gasteiger partial charge in [0.15, 0.2) is 0 Å². The first-order valence-corrected chi connectivity index (χ1v) is 9.81. The second-order valence-electron chi connectivity index (χ2n) is 6.84. The molecule has 7 heteroatoms. The summed E-state index contributed by atoms with van der Waals surface area (Å²) < 4.78 is 20.6. The number of amides is 1. The van der Waals surface area contributed by atoms with Crippen LogP contribution in [-0.2, 0) is 6.54 Å². The molecule has 0 aliphatic heterocycles. The van der Waals surface area contributed by atoms with Crippen molar-refractivity contribution < 1.29 is 13.6 Å². The van der Waals surface area contributed by atoms with E-state index in [2.05, 4.69) is 10.4 Å². The van der Waals surface area contributed by atoms with E-state index in [1.807, 2.05) is 43.7 Å². The number of fused-ring (bicyclic) bond motifs is 1. The number of nitrogens with zero attached hydrogens (tertiary/aromatic N) is 2. The lowest BCUT2D eigenvalue weighted by Crippen LogP contribution is -2.25. The highest BCUT2D eigenvalue weighted by Crippen LogP contribution is 2.29. The molecule has 1 unspecified atom stereocenters. The quantitative estimate of drug-likeness (QED) is 0.516. The van der Waals surface area contributed by atoms with Crippen LogP contribution in [0.15, 0.2) is 46.9 Å². The number of aromatic nitrogens is 2. The van der Waals surface area contributed by atoms with Gasteiger partial charge in [-0.1, -0.05) is 12.1 Å². The van der Waals surface area contributed by atoms with Crippen molar-refractivity contribution >= 4 is 27.5 Å². The van der Waals surface area contributed by atoms with E-state index in [4.69, 9.17) is 4.42 Å². The fourth-order valence-electron chi connectivity index (χ4n) is 3.12. The third-order valence-corrected chi connectivity index (χ3v) is 5.76. The molecular formula is C21H20FN3O2S. The molecule has 0 saturated carbocycles. The summed E-state index contributed by atoms with van der Waals surface area (Å²) in [5.41, 5.74) is 1.81. The highest BCUT2D eigenvalue weighted by molar-refractivity contribution is 7.20. The Labute approximate surface area is 165 Å². The molecule has 1 aromatic carbocycles. The first-order chi connectivity index (χ1) is 13.4. The Balaban J connectivity index is 1.57. The molecule has 4 aromatic rings. The molecule has 0 radical (unpaired) electrons. The summed E-state index contributed by atoms with van der Waals surface area (Å²) in [4.78, 5) is 14.3. The number of hydrogen-bond donors (Lipinski definition) is 1. The minimum Gasteiger partial charge on any atom is -0.464 e. The zero-order valence-electron chi connectivity index (χ0n) is 15.8. The van der Waals surface area contributed by atoms with E-state index in [1.54, 1.807) is 12.1 Å². The summed E-state index contributed by atoms with van der Waals surface area (Å²) in [6, 6.07) is 11.8. The first kappa shape index (κ1) is 18.4. The normalized spacial score (nSPS) is 12.4. The van der Waals surface area contributed by atoms with Crippen molar-refractivity contribution in [1.29, 1.82) is 0 Å². The van der Waals surface area contributed by atoms with Crippen molar-refractivity contribution in [1.82, 2.24) is 15.1 Å². The lowest BCUT2D eigenvalue weighted by atomic mass is 10.2. The zero-order valence-corrected chi connectivity index (χ0v) is 16.6. The Morgan fingerprint density at radius 1 is 1.25 bits per heavy atom. The Kier molecular flexibility index (Phi) is 4.77. The number of benzene rings is 1. The number of halogens is 1. The fourth-order valence-corrected chi connectivity index (χ4v) is 4.18. The largest absolute Gasteiger partial charge is 0.464 e. The zero-order chi connectivity index (χ0) is 19.8. The van der Waals surface area contributed by atoms with Gasteiger partial charge in [0, 0.05) is 5.39 Å². The van der Waals surface area contributed by atoms with E-state index >= 15 is 0 Å². The second-order valence-corrected chi connectivity index (χ2v) is 7.87. The van der Waals surface area contributed by atoms with Crippen LogP contribution in [0.4, 0.5) is 4.39 Å². The molecule has 0 aliphatic carbocycles. The summed E-state index contributed by atoms with van der Waals surface area (Å²) >= 11 is 1.40. The standard InChI is InChI=1S/C21H20FN3O2S/c1-12-4-9-18(27-12)14(3)23-20(26)19-10-17-13(2)24-25(21(17)28-19)11-15-5-7-16(22)8-6-15/h4-10,14H,11H2,1-3H3,(H,23,26). The van der Waals surface area contributed by atoms with Gasteiger partial charge in [-0.05, 0) is 56.7 Å². The number of nitrogens with one attached hydrogen (secondary N) is 1. The number of carbonyl (C=O) groups is 1. The van der Waals surface area contributed by atoms with Crippen LogP contribution in [0.3, 0.4) is 0 Å². The van der Waals surface area contributed by atoms with Crippen molar-refractivity contribution in [2.24, 2.45) is 0 Å². The van der Waals surface area contributed by atoms with Gasteiger partial charge < -0.3 is 9.73 Å². The van der Waals surface area contributed by atoms with E-state index in [9.17, 15) is 9.18 Å². The number of aryl methyl sites for hydroxylation is 2. The number of hydrogen-bond acceptors (Lipinski definition) is 4. The Bertz CT molecular complexity index is 1140. The lowest BCUT2D eigenvalue weighted by molar-refractivity contribution is 0.0939. The van der Waals surface area contributed by atoms with Crippen LogP contribution < -0.4 is 5.32 Å². The average molecular weight is 397 g/mol. The molecule has 1 N–H and O–H groups in total. The highest BCUT2D eigenvalue weighted by atomic mass is 32.1. The van der Waals surface area contributed by atoms with Gasteiger partial charge in [-0.2, -0.15) is 5.10 Å². The molecule has 3 aromatic heterocycles. The Hall–Kier alpha value is -2.93. The highest BCUT2D eigenvalue weighted by Gasteiger charge is 2.19. The van der Waals surface area contributed by atoms with Gasteiger partial charge in [-0.3, -0.25) is 9.48 Å². The molecule has 144 valence electrons. The molecular weight excluding hydrogens is 377 g/mol. The third-order valence-electron chi connectivity index (χ3n) is 4.61. The van der Waals surface area contributed by atoms with Gasteiger partial charge >= 0.3 is 0 Å². The van der Waals surface area contributed by atoms with E-state index < -0.39 is 0 Å². The van der Waals surface area contributed by atoms with Crippen molar-refractivity contribution in [2.45, 2.75) is 33.4 Å². The molecule has 28 heavy (non-hydrogen) atoms. The minimum absolute atomic E-state index is 0.143. The predicted octanol–water partition coefficient (Wildman–Crippen LogP) is 4.99. The van der Waals surface area contributed by atoms with Crippen LogP contribution in [0.1, 0.15) is 45.4 Å². The monoisotopic (exact) mass is 397 g/mol. The fraction of sp³-hybridized carbons (Fsp3) is 0.238. The van der Waals surface area contributed by atoms with Gasteiger partial charge in [0.05, 0.1) is 23.2 Å². The van der Waals surface area contributed by atoms with Gasteiger partial charge in [0.2, 0.25) is 0 Å². The maximum atomic E-state index is 13.1. The maximum absolute atomic E-state index is 13.1. The summed E-state index contributed by atoms with van der Waals surface area (Å²) in [5.74, 6) is 1.14. The molecule has 1 atom stereocenters. The molecule has 1 amide bonds.